The van der Waals surface area contributed by atoms with Gasteiger partial charge in [-0.25, -0.2) is 0 Å². The van der Waals surface area contributed by atoms with Crippen molar-refractivity contribution >= 4 is 39.1 Å². The largest absolute Gasteiger partial charge is 0.496 e. The summed E-state index contributed by atoms with van der Waals surface area (Å²) < 4.78 is 12.0. The van der Waals surface area contributed by atoms with Crippen LogP contribution in [0.2, 0.25) is 5.02 Å². The quantitative estimate of drug-likeness (QED) is 0.598. The second-order valence-electron chi connectivity index (χ2n) is 4.36. The Morgan fingerprint density at radius 2 is 1.86 bits per heavy atom. The zero-order chi connectivity index (χ0) is 15.4. The number of hydrogen-bond donors (Lipinski definition) is 0. The van der Waals surface area contributed by atoms with Gasteiger partial charge in [0.15, 0.2) is 0 Å². The molecule has 0 heterocycles. The van der Waals surface area contributed by atoms with Crippen LogP contribution in [0.3, 0.4) is 0 Å². The van der Waals surface area contributed by atoms with Crippen LogP contribution in [0, 0.1) is 0 Å². The van der Waals surface area contributed by atoms with E-state index in [1.54, 1.807) is 19.2 Å². The lowest BCUT2D eigenvalue weighted by atomic mass is 10.0. The van der Waals surface area contributed by atoms with Gasteiger partial charge in [-0.2, -0.15) is 0 Å². The maximum Gasteiger partial charge on any atom is 0.125 e. The Balaban J connectivity index is 2.48. The molecule has 2 aromatic carbocycles. The fourth-order valence-electron chi connectivity index (χ4n) is 2.07. The molecule has 1 atom stereocenters. The smallest absolute Gasteiger partial charge is 0.125 e. The van der Waals surface area contributed by atoms with Gasteiger partial charge in [0.1, 0.15) is 11.5 Å². The van der Waals surface area contributed by atoms with Crippen molar-refractivity contribution in [2.75, 3.05) is 13.7 Å². The third kappa shape index (κ3) is 3.85. The Kier molecular flexibility index (Phi) is 5.80. The Hall–Kier alpha value is -0.900. The van der Waals surface area contributed by atoms with Crippen molar-refractivity contribution in [1.82, 2.24) is 0 Å². The molecule has 2 nitrogen and oxygen atoms in total. The molecular formula is C16H15BrCl2O2. The summed E-state index contributed by atoms with van der Waals surface area (Å²) in [6.07, 6.45) is 0. The predicted octanol–water partition coefficient (Wildman–Crippen LogP) is 5.84. The van der Waals surface area contributed by atoms with Crippen LogP contribution in [0.25, 0.3) is 0 Å². The van der Waals surface area contributed by atoms with Crippen molar-refractivity contribution in [3.05, 3.63) is 57.0 Å². The second kappa shape index (κ2) is 7.39. The van der Waals surface area contributed by atoms with E-state index in [-0.39, 0.29) is 0 Å². The lowest BCUT2D eigenvalue weighted by Crippen LogP contribution is -2.02. The van der Waals surface area contributed by atoms with Crippen LogP contribution in [0.1, 0.15) is 23.4 Å². The Labute approximate surface area is 143 Å². The van der Waals surface area contributed by atoms with E-state index >= 15 is 0 Å². The lowest BCUT2D eigenvalue weighted by molar-refractivity contribution is 0.336. The average molecular weight is 390 g/mol. The molecule has 0 bridgehead atoms. The summed E-state index contributed by atoms with van der Waals surface area (Å²) in [5.41, 5.74) is 1.73. The molecule has 0 aromatic heterocycles. The van der Waals surface area contributed by atoms with Crippen molar-refractivity contribution in [3.63, 3.8) is 0 Å². The van der Waals surface area contributed by atoms with Crippen molar-refractivity contribution in [2.24, 2.45) is 0 Å². The molecule has 1 unspecified atom stereocenters. The number of methoxy groups -OCH3 is 1. The van der Waals surface area contributed by atoms with Crippen LogP contribution in [0.4, 0.5) is 0 Å². The first-order valence-electron chi connectivity index (χ1n) is 6.46. The molecule has 0 aliphatic carbocycles. The summed E-state index contributed by atoms with van der Waals surface area (Å²) >= 11 is 16.1. The van der Waals surface area contributed by atoms with Crippen molar-refractivity contribution in [1.29, 1.82) is 0 Å². The number of hydrogen-bond acceptors (Lipinski definition) is 2. The van der Waals surface area contributed by atoms with Crippen LogP contribution >= 0.6 is 39.1 Å². The first-order valence-corrected chi connectivity index (χ1v) is 8.07. The third-order valence-corrected chi connectivity index (χ3v) is 4.21. The van der Waals surface area contributed by atoms with Gasteiger partial charge in [0.25, 0.3) is 0 Å². The van der Waals surface area contributed by atoms with Gasteiger partial charge in [-0.15, -0.1) is 11.6 Å². The maximum absolute atomic E-state index is 6.66. The SMILES string of the molecule is CCOc1ccc(Br)cc1C(Cl)c1ccc(Cl)cc1OC. The highest BCUT2D eigenvalue weighted by atomic mass is 79.9. The van der Waals surface area contributed by atoms with E-state index in [4.69, 9.17) is 32.7 Å². The highest BCUT2D eigenvalue weighted by Gasteiger charge is 2.20. The van der Waals surface area contributed by atoms with E-state index in [1.165, 1.54) is 0 Å². The number of benzene rings is 2. The standard InChI is InChI=1S/C16H15BrCl2O2/c1-3-21-14-7-4-10(17)8-13(14)16(19)12-6-5-11(18)9-15(12)20-2/h4-9,16H,3H2,1-2H3. The number of rotatable bonds is 5. The van der Waals surface area contributed by atoms with Gasteiger partial charge < -0.3 is 9.47 Å². The summed E-state index contributed by atoms with van der Waals surface area (Å²) in [6.45, 7) is 2.52. The predicted molar refractivity (Wildman–Crippen MR) is 91.0 cm³/mol. The Morgan fingerprint density at radius 1 is 1.10 bits per heavy atom. The number of halogens is 3. The van der Waals surface area contributed by atoms with Crippen LogP contribution in [0.5, 0.6) is 11.5 Å². The van der Waals surface area contributed by atoms with Crippen LogP contribution < -0.4 is 9.47 Å². The fourth-order valence-corrected chi connectivity index (χ4v) is 2.96. The zero-order valence-electron chi connectivity index (χ0n) is 11.7. The van der Waals surface area contributed by atoms with E-state index < -0.39 is 5.38 Å². The normalized spacial score (nSPS) is 12.0. The minimum Gasteiger partial charge on any atom is -0.496 e. The molecule has 0 saturated carbocycles. The molecule has 2 aromatic rings. The number of ether oxygens (including phenoxy) is 2. The molecule has 21 heavy (non-hydrogen) atoms. The first kappa shape index (κ1) is 16.5. The van der Waals surface area contributed by atoms with E-state index in [0.717, 1.165) is 21.3 Å². The molecule has 112 valence electrons. The molecule has 2 rings (SSSR count). The summed E-state index contributed by atoms with van der Waals surface area (Å²) in [5.74, 6) is 1.42. The molecular weight excluding hydrogens is 375 g/mol. The highest BCUT2D eigenvalue weighted by molar-refractivity contribution is 9.10. The zero-order valence-corrected chi connectivity index (χ0v) is 14.8. The molecule has 0 fully saturated rings. The molecule has 5 heteroatoms. The minimum absolute atomic E-state index is 0.392. The Bertz CT molecular complexity index is 632. The summed E-state index contributed by atoms with van der Waals surface area (Å²) in [5, 5.41) is 0.218. The monoisotopic (exact) mass is 388 g/mol. The van der Waals surface area contributed by atoms with E-state index in [1.807, 2.05) is 31.2 Å². The summed E-state index contributed by atoms with van der Waals surface area (Å²) in [7, 11) is 1.60. The van der Waals surface area contributed by atoms with Gasteiger partial charge in [0.05, 0.1) is 19.1 Å². The van der Waals surface area contributed by atoms with Gasteiger partial charge in [0, 0.05) is 20.6 Å². The summed E-state index contributed by atoms with van der Waals surface area (Å²) in [4.78, 5) is 0. The van der Waals surface area contributed by atoms with E-state index in [9.17, 15) is 0 Å². The van der Waals surface area contributed by atoms with Crippen LogP contribution in [-0.4, -0.2) is 13.7 Å². The van der Waals surface area contributed by atoms with Crippen molar-refractivity contribution < 1.29 is 9.47 Å². The third-order valence-electron chi connectivity index (χ3n) is 3.01. The minimum atomic E-state index is -0.392. The first-order chi connectivity index (χ1) is 10.1. The molecule has 0 amide bonds. The highest BCUT2D eigenvalue weighted by Crippen LogP contribution is 2.41. The molecule has 0 saturated heterocycles. The van der Waals surface area contributed by atoms with Gasteiger partial charge in [-0.3, -0.25) is 0 Å². The van der Waals surface area contributed by atoms with E-state index in [2.05, 4.69) is 15.9 Å². The van der Waals surface area contributed by atoms with Gasteiger partial charge in [-0.05, 0) is 37.3 Å². The lowest BCUT2D eigenvalue weighted by Gasteiger charge is -2.18. The second-order valence-corrected chi connectivity index (χ2v) is 6.15. The maximum atomic E-state index is 6.66. The van der Waals surface area contributed by atoms with E-state index in [0.29, 0.717) is 17.4 Å². The van der Waals surface area contributed by atoms with Crippen molar-refractivity contribution in [3.8, 4) is 11.5 Å². The Morgan fingerprint density at radius 3 is 2.52 bits per heavy atom. The fraction of sp³-hybridized carbons (Fsp3) is 0.250. The van der Waals surface area contributed by atoms with Crippen LogP contribution in [-0.2, 0) is 0 Å². The van der Waals surface area contributed by atoms with Crippen LogP contribution in [0.15, 0.2) is 40.9 Å². The van der Waals surface area contributed by atoms with Gasteiger partial charge in [-0.1, -0.05) is 33.6 Å². The van der Waals surface area contributed by atoms with Crippen molar-refractivity contribution in [2.45, 2.75) is 12.3 Å². The molecule has 0 aliphatic heterocycles. The number of alkyl halides is 1. The molecule has 0 spiro atoms. The van der Waals surface area contributed by atoms with Gasteiger partial charge in [0.2, 0.25) is 0 Å². The molecule has 0 radical (unpaired) electrons. The summed E-state index contributed by atoms with van der Waals surface area (Å²) in [6, 6.07) is 11.2. The topological polar surface area (TPSA) is 18.5 Å². The average Bonchev–Trinajstić information content (AvgIpc) is 2.48. The molecule has 0 N–H and O–H groups in total. The van der Waals surface area contributed by atoms with Gasteiger partial charge >= 0.3 is 0 Å². The molecule has 0 aliphatic rings.